The van der Waals surface area contributed by atoms with Crippen molar-refractivity contribution in [2.45, 2.75) is 11.1 Å². The van der Waals surface area contributed by atoms with Crippen LogP contribution >= 0.6 is 12.2 Å². The van der Waals surface area contributed by atoms with Crippen LogP contribution in [0.25, 0.3) is 22.2 Å². The summed E-state index contributed by atoms with van der Waals surface area (Å²) in [5.74, 6) is 0.828. The standard InChI is InChI=1S/C18H18N6O3S2/c1-27-11-7-8-13-12(9-11)15(29(20,25)26)14(10-5-3-2-4-6-10)24(13)17-16(19)21-18(28)23-22-17/h2-9,16H,19H2,1H3,(H2,20,25,26)(H2,21,23,28). The van der Waals surface area contributed by atoms with Gasteiger partial charge in [0.15, 0.2) is 10.9 Å². The molecule has 1 atom stereocenters. The number of benzene rings is 2. The highest BCUT2D eigenvalue weighted by molar-refractivity contribution is 7.89. The van der Waals surface area contributed by atoms with Crippen molar-refractivity contribution in [3.05, 3.63) is 48.5 Å². The average Bonchev–Trinajstić information content (AvgIpc) is 3.03. The van der Waals surface area contributed by atoms with E-state index < -0.39 is 16.2 Å². The molecule has 0 spiro atoms. The van der Waals surface area contributed by atoms with Crippen LogP contribution in [-0.4, -0.2) is 37.2 Å². The second kappa shape index (κ2) is 7.12. The molecule has 0 saturated heterocycles. The van der Waals surface area contributed by atoms with Gasteiger partial charge < -0.3 is 15.8 Å². The van der Waals surface area contributed by atoms with E-state index >= 15 is 0 Å². The number of sulfonamides is 1. The number of nitrogens with two attached hydrogens (primary N) is 2. The van der Waals surface area contributed by atoms with Crippen molar-refractivity contribution in [1.82, 2.24) is 15.3 Å². The molecule has 2 heterocycles. The number of methoxy groups -OCH3 is 1. The fraction of sp³-hybridized carbons (Fsp3) is 0.111. The third-order valence-corrected chi connectivity index (χ3v) is 5.72. The van der Waals surface area contributed by atoms with Gasteiger partial charge in [-0.05, 0) is 36.0 Å². The van der Waals surface area contributed by atoms with Crippen LogP contribution in [0.2, 0.25) is 0 Å². The molecule has 150 valence electrons. The number of nitrogens with one attached hydrogen (secondary N) is 2. The summed E-state index contributed by atoms with van der Waals surface area (Å²) in [7, 11) is -2.62. The summed E-state index contributed by atoms with van der Waals surface area (Å²) >= 11 is 5.05. The van der Waals surface area contributed by atoms with Crippen LogP contribution in [0.4, 0.5) is 0 Å². The van der Waals surface area contributed by atoms with E-state index in [2.05, 4.69) is 15.8 Å². The Morgan fingerprint density at radius 1 is 1.21 bits per heavy atom. The molecule has 3 aromatic rings. The van der Waals surface area contributed by atoms with Crippen molar-refractivity contribution in [2.75, 3.05) is 7.11 Å². The highest BCUT2D eigenvalue weighted by Gasteiger charge is 2.31. The summed E-state index contributed by atoms with van der Waals surface area (Å²) in [5.41, 5.74) is 10.4. The minimum Gasteiger partial charge on any atom is -0.497 e. The van der Waals surface area contributed by atoms with Crippen LogP contribution < -0.4 is 26.4 Å². The van der Waals surface area contributed by atoms with Gasteiger partial charge in [-0.25, -0.2) is 13.6 Å². The van der Waals surface area contributed by atoms with Crippen LogP contribution in [0.5, 0.6) is 5.75 Å². The largest absolute Gasteiger partial charge is 0.497 e. The number of hydrogen-bond acceptors (Lipinski definition) is 6. The Balaban J connectivity index is 2.18. The predicted octanol–water partition coefficient (Wildman–Crippen LogP) is 0.888. The topological polar surface area (TPSA) is 137 Å². The van der Waals surface area contributed by atoms with Gasteiger partial charge >= 0.3 is 0 Å². The summed E-state index contributed by atoms with van der Waals surface area (Å²) in [4.78, 5) is -0.0411. The number of nitrogens with zero attached hydrogens (tertiary/aromatic N) is 2. The first-order valence-corrected chi connectivity index (χ1v) is 10.5. The lowest BCUT2D eigenvalue weighted by Crippen LogP contribution is -2.56. The molecule has 0 aliphatic carbocycles. The number of primary sulfonamides is 1. The maximum atomic E-state index is 12.7. The van der Waals surface area contributed by atoms with Gasteiger partial charge in [0.2, 0.25) is 10.0 Å². The summed E-state index contributed by atoms with van der Waals surface area (Å²) in [6.45, 7) is 0. The molecule has 0 saturated carbocycles. The minimum absolute atomic E-state index is 0.0411. The monoisotopic (exact) mass is 430 g/mol. The first-order chi connectivity index (χ1) is 13.8. The molecule has 1 unspecified atom stereocenters. The maximum absolute atomic E-state index is 12.7. The van der Waals surface area contributed by atoms with Crippen LogP contribution in [0, 0.1) is 0 Å². The second-order valence-electron chi connectivity index (χ2n) is 6.34. The first kappa shape index (κ1) is 19.3. The average molecular weight is 431 g/mol. The molecular weight excluding hydrogens is 412 g/mol. The Bertz CT molecular complexity index is 1250. The quantitative estimate of drug-likeness (QED) is 0.453. The fourth-order valence-electron chi connectivity index (χ4n) is 3.36. The Hall–Kier alpha value is -2.99. The van der Waals surface area contributed by atoms with E-state index in [1.807, 2.05) is 6.07 Å². The number of aromatic nitrogens is 1. The number of fused-ring (bicyclic) bond motifs is 1. The molecule has 1 aromatic heterocycles. The van der Waals surface area contributed by atoms with E-state index in [-0.39, 0.29) is 10.0 Å². The van der Waals surface area contributed by atoms with E-state index in [0.29, 0.717) is 33.7 Å². The summed E-state index contributed by atoms with van der Waals surface area (Å²) in [5, 5.41) is 13.5. The molecule has 0 fully saturated rings. The van der Waals surface area contributed by atoms with Crippen LogP contribution in [0.15, 0.2) is 58.5 Å². The van der Waals surface area contributed by atoms with Crippen molar-refractivity contribution >= 4 is 44.1 Å². The van der Waals surface area contributed by atoms with E-state index in [0.717, 1.165) is 0 Å². The van der Waals surface area contributed by atoms with Gasteiger partial charge in [-0.1, -0.05) is 30.3 Å². The molecule has 0 bridgehead atoms. The Morgan fingerprint density at radius 3 is 2.55 bits per heavy atom. The van der Waals surface area contributed by atoms with Gasteiger partial charge in [-0.15, -0.1) is 0 Å². The summed E-state index contributed by atoms with van der Waals surface area (Å²) < 4.78 is 32.3. The summed E-state index contributed by atoms with van der Waals surface area (Å²) in [6, 6.07) is 14.1. The fourth-order valence-corrected chi connectivity index (χ4v) is 4.48. The maximum Gasteiger partial charge on any atom is 0.240 e. The lowest BCUT2D eigenvalue weighted by Gasteiger charge is -2.25. The van der Waals surface area contributed by atoms with E-state index in [1.165, 1.54) is 7.11 Å². The van der Waals surface area contributed by atoms with E-state index in [4.69, 9.17) is 27.8 Å². The van der Waals surface area contributed by atoms with Gasteiger partial charge in [0, 0.05) is 5.39 Å². The number of ether oxygens (including phenoxy) is 1. The lowest BCUT2D eigenvalue weighted by atomic mass is 10.1. The third-order valence-electron chi connectivity index (χ3n) is 4.53. The van der Waals surface area contributed by atoms with Crippen LogP contribution in [0.1, 0.15) is 0 Å². The Kier molecular flexibility index (Phi) is 4.74. The highest BCUT2D eigenvalue weighted by Crippen LogP contribution is 2.38. The molecule has 2 aromatic carbocycles. The van der Waals surface area contributed by atoms with Crippen LogP contribution in [-0.2, 0) is 10.0 Å². The zero-order valence-electron chi connectivity index (χ0n) is 15.3. The van der Waals surface area contributed by atoms with E-state index in [9.17, 15) is 8.42 Å². The van der Waals surface area contributed by atoms with Crippen molar-refractivity contribution in [1.29, 1.82) is 0 Å². The Morgan fingerprint density at radius 2 is 1.93 bits per heavy atom. The van der Waals surface area contributed by atoms with Crippen molar-refractivity contribution in [3.63, 3.8) is 0 Å². The molecule has 6 N–H and O–H groups in total. The molecule has 1 aliphatic rings. The minimum atomic E-state index is -4.12. The third kappa shape index (κ3) is 3.34. The molecule has 9 nitrogen and oxygen atoms in total. The van der Waals surface area contributed by atoms with Gasteiger partial charge in [-0.2, -0.15) is 5.10 Å². The Labute approximate surface area is 172 Å². The van der Waals surface area contributed by atoms with Gasteiger partial charge in [0.05, 0.1) is 18.3 Å². The SMILES string of the molecule is COc1ccc2c(c1)c(S(N)(=O)=O)c(-c1ccccc1)n2C1=NNC(=S)NC1N. The number of thiocarbonyl (C=S) groups is 1. The van der Waals surface area contributed by atoms with Crippen molar-refractivity contribution in [2.24, 2.45) is 16.0 Å². The lowest BCUT2D eigenvalue weighted by molar-refractivity contribution is 0.415. The van der Waals surface area contributed by atoms with Gasteiger partial charge in [0.25, 0.3) is 0 Å². The highest BCUT2D eigenvalue weighted by atomic mass is 32.2. The number of rotatable bonds is 3. The number of hydrazone groups is 1. The summed E-state index contributed by atoms with van der Waals surface area (Å²) in [6.07, 6.45) is -0.766. The first-order valence-electron chi connectivity index (χ1n) is 8.52. The number of hydrogen-bond donors (Lipinski definition) is 4. The smallest absolute Gasteiger partial charge is 0.240 e. The molecule has 0 radical (unpaired) electrons. The van der Waals surface area contributed by atoms with E-state index in [1.54, 1.807) is 47.0 Å². The predicted molar refractivity (Wildman–Crippen MR) is 115 cm³/mol. The van der Waals surface area contributed by atoms with Crippen molar-refractivity contribution < 1.29 is 13.2 Å². The molecular formula is C18H18N6O3S2. The van der Waals surface area contributed by atoms with Crippen LogP contribution in [0.3, 0.4) is 0 Å². The molecule has 1 aliphatic heterocycles. The normalized spacial score (nSPS) is 16.9. The molecule has 0 amide bonds. The van der Waals surface area contributed by atoms with Gasteiger partial charge in [0.1, 0.15) is 16.8 Å². The molecule has 29 heavy (non-hydrogen) atoms. The molecule has 11 heteroatoms. The van der Waals surface area contributed by atoms with Gasteiger partial charge in [-0.3, -0.25) is 9.99 Å². The zero-order valence-corrected chi connectivity index (χ0v) is 16.9. The zero-order chi connectivity index (χ0) is 20.8. The second-order valence-corrected chi connectivity index (χ2v) is 8.25. The molecule has 4 rings (SSSR count). The van der Waals surface area contributed by atoms with Crippen molar-refractivity contribution in [3.8, 4) is 17.0 Å².